The molecule has 0 saturated carbocycles. The van der Waals surface area contributed by atoms with Crippen molar-refractivity contribution in [3.63, 3.8) is 0 Å². The molecule has 0 atom stereocenters. The first-order chi connectivity index (χ1) is 7.31. The van der Waals surface area contributed by atoms with E-state index in [9.17, 15) is 0 Å². The summed E-state index contributed by atoms with van der Waals surface area (Å²) in [4.78, 5) is 0. The van der Waals surface area contributed by atoms with E-state index in [0.29, 0.717) is 0 Å². The molecule has 0 aliphatic carbocycles. The van der Waals surface area contributed by atoms with Gasteiger partial charge in [0.15, 0.2) is 0 Å². The number of hydrogen-bond donors (Lipinski definition) is 1. The Bertz CT molecular complexity index is 465. The summed E-state index contributed by atoms with van der Waals surface area (Å²) in [6, 6.07) is 12.4. The Kier molecular flexibility index (Phi) is 3.24. The van der Waals surface area contributed by atoms with Gasteiger partial charge in [-0.25, -0.2) is 0 Å². The van der Waals surface area contributed by atoms with Gasteiger partial charge in [0, 0.05) is 5.02 Å². The molecule has 15 heavy (non-hydrogen) atoms. The van der Waals surface area contributed by atoms with E-state index in [1.54, 1.807) is 0 Å². The zero-order chi connectivity index (χ0) is 10.7. The summed E-state index contributed by atoms with van der Waals surface area (Å²) >= 11 is 5.96. The Morgan fingerprint density at radius 2 is 2.00 bits per heavy atom. The van der Waals surface area contributed by atoms with E-state index in [4.69, 9.17) is 17.3 Å². The fourth-order valence-electron chi connectivity index (χ4n) is 1.83. The van der Waals surface area contributed by atoms with Gasteiger partial charge in [-0.3, -0.25) is 0 Å². The second kappa shape index (κ2) is 4.65. The molecule has 0 amide bonds. The van der Waals surface area contributed by atoms with Gasteiger partial charge in [-0.15, -0.1) is 0 Å². The molecular weight excluding hydrogens is 206 g/mol. The Morgan fingerprint density at radius 3 is 2.80 bits per heavy atom. The Morgan fingerprint density at radius 1 is 1.13 bits per heavy atom. The van der Waals surface area contributed by atoms with Crippen molar-refractivity contribution in [2.24, 2.45) is 5.73 Å². The second-order valence-corrected chi connectivity index (χ2v) is 4.11. The number of nitrogens with two attached hydrogens (primary N) is 1. The Balaban J connectivity index is 2.46. The molecule has 0 unspecified atom stereocenters. The quantitative estimate of drug-likeness (QED) is 0.842. The largest absolute Gasteiger partial charge is 0.330 e. The van der Waals surface area contributed by atoms with Crippen LogP contribution in [-0.4, -0.2) is 6.54 Å². The highest BCUT2D eigenvalue weighted by Gasteiger charge is 2.00. The lowest BCUT2D eigenvalue weighted by molar-refractivity contribution is 0.837. The Labute approximate surface area is 94.9 Å². The highest BCUT2D eigenvalue weighted by molar-refractivity contribution is 6.31. The summed E-state index contributed by atoms with van der Waals surface area (Å²) in [6.07, 6.45) is 2.07. The van der Waals surface area contributed by atoms with Gasteiger partial charge in [0.25, 0.3) is 0 Å². The van der Waals surface area contributed by atoms with E-state index in [-0.39, 0.29) is 0 Å². The number of fused-ring (bicyclic) bond motifs is 1. The molecule has 2 aromatic carbocycles. The first kappa shape index (κ1) is 10.5. The summed E-state index contributed by atoms with van der Waals surface area (Å²) in [6.45, 7) is 0.740. The van der Waals surface area contributed by atoms with E-state index in [0.717, 1.165) is 24.4 Å². The smallest absolute Gasteiger partial charge is 0.0412 e. The number of aryl methyl sites for hydroxylation is 1. The zero-order valence-electron chi connectivity index (χ0n) is 8.54. The van der Waals surface area contributed by atoms with Crippen LogP contribution in [0.5, 0.6) is 0 Å². The topological polar surface area (TPSA) is 26.0 Å². The summed E-state index contributed by atoms with van der Waals surface area (Å²) < 4.78 is 0. The van der Waals surface area contributed by atoms with Crippen LogP contribution in [0.25, 0.3) is 10.8 Å². The van der Waals surface area contributed by atoms with Crippen LogP contribution in [0.3, 0.4) is 0 Å². The van der Waals surface area contributed by atoms with Crippen LogP contribution in [-0.2, 0) is 6.42 Å². The molecule has 1 nitrogen and oxygen atoms in total. The van der Waals surface area contributed by atoms with Crippen LogP contribution >= 0.6 is 11.6 Å². The first-order valence-electron chi connectivity index (χ1n) is 5.18. The van der Waals surface area contributed by atoms with Crippen LogP contribution in [0.4, 0.5) is 0 Å². The molecule has 0 bridgehead atoms. The van der Waals surface area contributed by atoms with Gasteiger partial charge in [-0.05, 0) is 47.9 Å². The van der Waals surface area contributed by atoms with E-state index < -0.39 is 0 Å². The monoisotopic (exact) mass is 219 g/mol. The minimum Gasteiger partial charge on any atom is -0.330 e. The molecule has 0 radical (unpaired) electrons. The second-order valence-electron chi connectivity index (χ2n) is 3.67. The molecule has 0 aromatic heterocycles. The van der Waals surface area contributed by atoms with Crippen LogP contribution in [0, 0.1) is 0 Å². The maximum atomic E-state index is 5.96. The van der Waals surface area contributed by atoms with Crippen molar-refractivity contribution in [2.75, 3.05) is 6.54 Å². The number of rotatable bonds is 3. The summed E-state index contributed by atoms with van der Waals surface area (Å²) in [7, 11) is 0. The number of benzene rings is 2. The number of hydrogen-bond acceptors (Lipinski definition) is 1. The van der Waals surface area contributed by atoms with Gasteiger partial charge in [0.2, 0.25) is 0 Å². The standard InChI is InChI=1S/C13H14ClN/c14-12-6-7-13-10(5-2-8-15)3-1-4-11(13)9-12/h1,3-4,6-7,9H,2,5,8,15H2. The molecule has 0 aliphatic rings. The SMILES string of the molecule is NCCCc1cccc2cc(Cl)ccc12. The predicted octanol–water partition coefficient (Wildman–Crippen LogP) is 3.38. The average Bonchev–Trinajstić information content (AvgIpc) is 2.25. The molecule has 0 fully saturated rings. The van der Waals surface area contributed by atoms with Crippen molar-refractivity contribution >= 4 is 22.4 Å². The molecule has 0 spiro atoms. The highest BCUT2D eigenvalue weighted by atomic mass is 35.5. The summed E-state index contributed by atoms with van der Waals surface area (Å²) in [5, 5.41) is 3.28. The molecule has 0 saturated heterocycles. The van der Waals surface area contributed by atoms with Crippen LogP contribution < -0.4 is 5.73 Å². The number of halogens is 1. The van der Waals surface area contributed by atoms with E-state index >= 15 is 0 Å². The fraction of sp³-hybridized carbons (Fsp3) is 0.231. The van der Waals surface area contributed by atoms with Crippen LogP contribution in [0.2, 0.25) is 5.02 Å². The molecule has 2 N–H and O–H groups in total. The highest BCUT2D eigenvalue weighted by Crippen LogP contribution is 2.23. The molecule has 2 heteroatoms. The van der Waals surface area contributed by atoms with Crippen molar-refractivity contribution in [1.29, 1.82) is 0 Å². The lowest BCUT2D eigenvalue weighted by atomic mass is 10.0. The van der Waals surface area contributed by atoms with Crippen molar-refractivity contribution in [1.82, 2.24) is 0 Å². The third kappa shape index (κ3) is 2.31. The van der Waals surface area contributed by atoms with Gasteiger partial charge in [0.1, 0.15) is 0 Å². The first-order valence-corrected chi connectivity index (χ1v) is 5.56. The third-order valence-electron chi connectivity index (χ3n) is 2.58. The van der Waals surface area contributed by atoms with E-state index in [2.05, 4.69) is 24.3 Å². The van der Waals surface area contributed by atoms with Crippen LogP contribution in [0.15, 0.2) is 36.4 Å². The van der Waals surface area contributed by atoms with Gasteiger partial charge < -0.3 is 5.73 Å². The maximum Gasteiger partial charge on any atom is 0.0412 e. The van der Waals surface area contributed by atoms with E-state index in [1.807, 2.05) is 12.1 Å². The summed E-state index contributed by atoms with van der Waals surface area (Å²) in [5.41, 5.74) is 6.88. The van der Waals surface area contributed by atoms with Crippen LogP contribution in [0.1, 0.15) is 12.0 Å². The van der Waals surface area contributed by atoms with Gasteiger partial charge >= 0.3 is 0 Å². The zero-order valence-corrected chi connectivity index (χ0v) is 9.30. The fourth-order valence-corrected chi connectivity index (χ4v) is 2.01. The third-order valence-corrected chi connectivity index (χ3v) is 2.82. The molecule has 2 aromatic rings. The minimum atomic E-state index is 0.740. The average molecular weight is 220 g/mol. The van der Waals surface area contributed by atoms with Gasteiger partial charge in [-0.1, -0.05) is 35.9 Å². The van der Waals surface area contributed by atoms with Crippen molar-refractivity contribution in [3.05, 3.63) is 47.0 Å². The maximum absolute atomic E-state index is 5.96. The molecule has 0 aliphatic heterocycles. The molecule has 0 heterocycles. The minimum absolute atomic E-state index is 0.740. The Hall–Kier alpha value is -1.05. The molecule has 78 valence electrons. The predicted molar refractivity (Wildman–Crippen MR) is 66.3 cm³/mol. The van der Waals surface area contributed by atoms with Crippen molar-refractivity contribution in [2.45, 2.75) is 12.8 Å². The molecular formula is C13H14ClN. The molecule has 2 rings (SSSR count). The lowest BCUT2D eigenvalue weighted by Gasteiger charge is -2.05. The van der Waals surface area contributed by atoms with Gasteiger partial charge in [-0.2, -0.15) is 0 Å². The van der Waals surface area contributed by atoms with E-state index in [1.165, 1.54) is 16.3 Å². The normalized spacial score (nSPS) is 10.8. The summed E-state index contributed by atoms with van der Waals surface area (Å²) in [5.74, 6) is 0. The van der Waals surface area contributed by atoms with Gasteiger partial charge in [0.05, 0.1) is 0 Å². The van der Waals surface area contributed by atoms with Crippen molar-refractivity contribution < 1.29 is 0 Å². The lowest BCUT2D eigenvalue weighted by Crippen LogP contribution is -2.00. The van der Waals surface area contributed by atoms with Crippen molar-refractivity contribution in [3.8, 4) is 0 Å².